The second kappa shape index (κ2) is 3.67. The summed E-state index contributed by atoms with van der Waals surface area (Å²) in [4.78, 5) is 15.5. The Morgan fingerprint density at radius 2 is 2.27 bits per heavy atom. The molecule has 4 nitrogen and oxygen atoms in total. The first kappa shape index (κ1) is 9.61. The second-order valence-electron chi connectivity index (χ2n) is 3.33. The van der Waals surface area contributed by atoms with Crippen molar-refractivity contribution in [3.63, 3.8) is 0 Å². The lowest BCUT2D eigenvalue weighted by Gasteiger charge is -2.05. The van der Waals surface area contributed by atoms with Crippen LogP contribution in [0.15, 0.2) is 30.5 Å². The van der Waals surface area contributed by atoms with Gasteiger partial charge in [-0.05, 0) is 30.7 Å². The highest BCUT2D eigenvalue weighted by Crippen LogP contribution is 2.18. The van der Waals surface area contributed by atoms with Crippen LogP contribution in [0.4, 0.5) is 0 Å². The van der Waals surface area contributed by atoms with E-state index in [1.165, 1.54) is 0 Å². The molecule has 2 aromatic rings. The van der Waals surface area contributed by atoms with Gasteiger partial charge in [0.2, 0.25) is 0 Å². The van der Waals surface area contributed by atoms with Crippen LogP contribution in [0.2, 0.25) is 0 Å². The summed E-state index contributed by atoms with van der Waals surface area (Å²) in [6, 6.07) is 7.32. The lowest BCUT2D eigenvalue weighted by atomic mass is 10.1. The zero-order chi connectivity index (χ0) is 10.8. The standard InChI is InChI=1S/C11H10N2O2/c1-7-5-8-3-2-4-12-10(8)9(6-7)11(14)13-15/h2-6,15H,1H3,(H,13,14). The van der Waals surface area contributed by atoms with Crippen molar-refractivity contribution in [2.45, 2.75) is 6.92 Å². The van der Waals surface area contributed by atoms with Crippen LogP contribution in [0.3, 0.4) is 0 Å². The number of fused-ring (bicyclic) bond motifs is 1. The number of hydroxylamine groups is 1. The van der Waals surface area contributed by atoms with Crippen LogP contribution < -0.4 is 5.48 Å². The largest absolute Gasteiger partial charge is 0.288 e. The third kappa shape index (κ3) is 1.67. The summed E-state index contributed by atoms with van der Waals surface area (Å²) in [7, 11) is 0. The molecule has 0 saturated carbocycles. The highest BCUT2D eigenvalue weighted by Gasteiger charge is 2.10. The third-order valence-corrected chi connectivity index (χ3v) is 2.20. The fourth-order valence-electron chi connectivity index (χ4n) is 1.58. The quantitative estimate of drug-likeness (QED) is 0.546. The second-order valence-corrected chi connectivity index (χ2v) is 3.33. The number of benzene rings is 1. The van der Waals surface area contributed by atoms with Gasteiger partial charge < -0.3 is 0 Å². The van der Waals surface area contributed by atoms with Gasteiger partial charge in [-0.1, -0.05) is 6.07 Å². The summed E-state index contributed by atoms with van der Waals surface area (Å²) < 4.78 is 0. The molecule has 0 aliphatic carbocycles. The SMILES string of the molecule is Cc1cc(C(=O)NO)c2ncccc2c1. The van der Waals surface area contributed by atoms with E-state index >= 15 is 0 Å². The van der Waals surface area contributed by atoms with Crippen molar-refractivity contribution >= 4 is 16.8 Å². The van der Waals surface area contributed by atoms with Gasteiger partial charge in [-0.3, -0.25) is 15.0 Å². The van der Waals surface area contributed by atoms with E-state index in [0.29, 0.717) is 11.1 Å². The molecule has 0 saturated heterocycles. The van der Waals surface area contributed by atoms with Gasteiger partial charge in [0.1, 0.15) is 0 Å². The molecule has 2 N–H and O–H groups in total. The van der Waals surface area contributed by atoms with Gasteiger partial charge in [-0.2, -0.15) is 0 Å². The minimum atomic E-state index is -0.539. The highest BCUT2D eigenvalue weighted by molar-refractivity contribution is 6.05. The van der Waals surface area contributed by atoms with E-state index in [-0.39, 0.29) is 0 Å². The number of hydrogen-bond donors (Lipinski definition) is 2. The molecular formula is C11H10N2O2. The molecule has 0 aliphatic heterocycles. The average Bonchev–Trinajstić information content (AvgIpc) is 2.26. The molecule has 1 aromatic carbocycles. The van der Waals surface area contributed by atoms with Crippen molar-refractivity contribution in [1.29, 1.82) is 0 Å². The summed E-state index contributed by atoms with van der Waals surface area (Å²) >= 11 is 0. The van der Waals surface area contributed by atoms with Gasteiger partial charge in [-0.15, -0.1) is 0 Å². The van der Waals surface area contributed by atoms with Gasteiger partial charge in [0.05, 0.1) is 11.1 Å². The van der Waals surface area contributed by atoms with Crippen molar-refractivity contribution in [3.8, 4) is 0 Å². The number of amides is 1. The fraction of sp³-hybridized carbons (Fsp3) is 0.0909. The van der Waals surface area contributed by atoms with Crippen LogP contribution in [0.25, 0.3) is 10.9 Å². The summed E-state index contributed by atoms with van der Waals surface area (Å²) in [5.41, 5.74) is 3.55. The summed E-state index contributed by atoms with van der Waals surface area (Å²) in [5, 5.41) is 9.50. The summed E-state index contributed by atoms with van der Waals surface area (Å²) in [6.45, 7) is 1.89. The van der Waals surface area contributed by atoms with Gasteiger partial charge in [0.25, 0.3) is 5.91 Å². The van der Waals surface area contributed by atoms with Crippen LogP contribution >= 0.6 is 0 Å². The summed E-state index contributed by atoms with van der Waals surface area (Å²) in [6.07, 6.45) is 1.62. The predicted molar refractivity (Wildman–Crippen MR) is 55.7 cm³/mol. The molecule has 1 aromatic heterocycles. The number of rotatable bonds is 1. The van der Waals surface area contributed by atoms with Gasteiger partial charge >= 0.3 is 0 Å². The van der Waals surface area contributed by atoms with E-state index in [4.69, 9.17) is 5.21 Å². The Morgan fingerprint density at radius 3 is 3.00 bits per heavy atom. The van der Waals surface area contributed by atoms with Gasteiger partial charge in [0.15, 0.2) is 0 Å². The Hall–Kier alpha value is -1.94. The topological polar surface area (TPSA) is 62.2 Å². The first-order valence-corrected chi connectivity index (χ1v) is 4.52. The smallest absolute Gasteiger partial charge is 0.276 e. The van der Waals surface area contributed by atoms with Crippen LogP contribution in [0.1, 0.15) is 15.9 Å². The number of pyridine rings is 1. The fourth-order valence-corrected chi connectivity index (χ4v) is 1.58. The maximum atomic E-state index is 11.4. The molecule has 0 bridgehead atoms. The lowest BCUT2D eigenvalue weighted by Crippen LogP contribution is -2.19. The molecule has 15 heavy (non-hydrogen) atoms. The molecule has 0 radical (unpaired) electrons. The van der Waals surface area contributed by atoms with Gasteiger partial charge in [-0.25, -0.2) is 5.48 Å². The molecule has 0 aliphatic rings. The van der Waals surface area contributed by atoms with Crippen molar-refractivity contribution in [3.05, 3.63) is 41.6 Å². The first-order chi connectivity index (χ1) is 7.22. The number of nitrogens with one attached hydrogen (secondary N) is 1. The zero-order valence-corrected chi connectivity index (χ0v) is 8.19. The van der Waals surface area contributed by atoms with E-state index in [9.17, 15) is 4.79 Å². The van der Waals surface area contributed by atoms with E-state index in [1.54, 1.807) is 17.7 Å². The Balaban J connectivity index is 2.76. The van der Waals surface area contributed by atoms with E-state index in [2.05, 4.69) is 4.98 Å². The number of hydrogen-bond acceptors (Lipinski definition) is 3. The Kier molecular flexibility index (Phi) is 2.35. The predicted octanol–water partition coefficient (Wildman–Crippen LogP) is 1.66. The molecule has 2 rings (SSSR count). The lowest BCUT2D eigenvalue weighted by molar-refractivity contribution is 0.0708. The molecule has 0 atom stereocenters. The molecule has 0 fully saturated rings. The molecule has 4 heteroatoms. The van der Waals surface area contributed by atoms with Crippen LogP contribution in [-0.2, 0) is 0 Å². The van der Waals surface area contributed by atoms with Crippen LogP contribution in [0.5, 0.6) is 0 Å². The Morgan fingerprint density at radius 1 is 1.47 bits per heavy atom. The molecule has 0 spiro atoms. The monoisotopic (exact) mass is 202 g/mol. The molecule has 0 unspecified atom stereocenters. The average molecular weight is 202 g/mol. The number of aryl methyl sites for hydroxylation is 1. The molecule has 1 amide bonds. The van der Waals surface area contributed by atoms with Gasteiger partial charge in [0, 0.05) is 11.6 Å². The van der Waals surface area contributed by atoms with E-state index in [1.807, 2.05) is 25.1 Å². The number of aromatic nitrogens is 1. The highest BCUT2D eigenvalue weighted by atomic mass is 16.5. The minimum absolute atomic E-state index is 0.383. The number of carbonyl (C=O) groups excluding carboxylic acids is 1. The first-order valence-electron chi connectivity index (χ1n) is 4.52. The molecule has 1 heterocycles. The van der Waals surface area contributed by atoms with Crippen molar-refractivity contribution in [2.75, 3.05) is 0 Å². The van der Waals surface area contributed by atoms with Crippen molar-refractivity contribution in [2.24, 2.45) is 0 Å². The third-order valence-electron chi connectivity index (χ3n) is 2.20. The Bertz CT molecular complexity index is 523. The van der Waals surface area contributed by atoms with Crippen molar-refractivity contribution in [1.82, 2.24) is 10.5 Å². The Labute approximate surface area is 86.5 Å². The molecular weight excluding hydrogens is 192 g/mol. The van der Waals surface area contributed by atoms with Crippen LogP contribution in [0, 0.1) is 6.92 Å². The normalized spacial score (nSPS) is 10.3. The van der Waals surface area contributed by atoms with E-state index < -0.39 is 5.91 Å². The number of carbonyl (C=O) groups is 1. The zero-order valence-electron chi connectivity index (χ0n) is 8.19. The molecule has 76 valence electrons. The summed E-state index contributed by atoms with van der Waals surface area (Å²) in [5.74, 6) is -0.539. The van der Waals surface area contributed by atoms with Crippen molar-refractivity contribution < 1.29 is 10.0 Å². The van der Waals surface area contributed by atoms with Crippen LogP contribution in [-0.4, -0.2) is 16.1 Å². The van der Waals surface area contributed by atoms with E-state index in [0.717, 1.165) is 10.9 Å². The minimum Gasteiger partial charge on any atom is -0.288 e. The maximum Gasteiger partial charge on any atom is 0.276 e. The maximum absolute atomic E-state index is 11.4. The number of nitrogens with zero attached hydrogens (tertiary/aromatic N) is 1.